The maximum atomic E-state index is 12.9. The molecule has 1 N–H and O–H groups in total. The molecule has 1 saturated heterocycles. The lowest BCUT2D eigenvalue weighted by Gasteiger charge is -2.24. The van der Waals surface area contributed by atoms with Gasteiger partial charge in [0, 0.05) is 11.6 Å². The first-order valence-corrected chi connectivity index (χ1v) is 10.8. The highest BCUT2D eigenvalue weighted by Gasteiger charge is 2.35. The average molecular weight is 430 g/mol. The lowest BCUT2D eigenvalue weighted by molar-refractivity contribution is -0.119. The number of nitrogens with one attached hydrogen (secondary N) is 1. The van der Waals surface area contributed by atoms with Gasteiger partial charge in [-0.3, -0.25) is 9.59 Å². The van der Waals surface area contributed by atoms with Gasteiger partial charge in [-0.15, -0.1) is 11.8 Å². The Morgan fingerprint density at radius 3 is 2.85 bits per heavy atom. The Hall–Kier alpha value is -1.28. The first kappa shape index (κ1) is 19.5. The molecule has 1 aromatic carbocycles. The minimum absolute atomic E-state index is 0.226. The van der Waals surface area contributed by atoms with Gasteiger partial charge < -0.3 is 10.2 Å². The van der Waals surface area contributed by atoms with Crippen molar-refractivity contribution in [1.29, 1.82) is 0 Å². The second kappa shape index (κ2) is 8.17. The van der Waals surface area contributed by atoms with Crippen LogP contribution in [0.25, 0.3) is 0 Å². The molecule has 9 heteroatoms. The van der Waals surface area contributed by atoms with E-state index in [1.807, 2.05) is 13.2 Å². The molecule has 0 spiro atoms. The molecule has 2 amide bonds. The summed E-state index contributed by atoms with van der Waals surface area (Å²) in [5.41, 5.74) is 1.21. The third-order valence-corrected chi connectivity index (χ3v) is 6.99. The fourth-order valence-corrected chi connectivity index (χ4v) is 4.90. The Labute approximate surface area is 170 Å². The van der Waals surface area contributed by atoms with Crippen LogP contribution in [-0.4, -0.2) is 40.5 Å². The number of anilines is 1. The van der Waals surface area contributed by atoms with Crippen molar-refractivity contribution in [1.82, 2.24) is 9.88 Å². The maximum Gasteiger partial charge on any atom is 0.256 e. The number of halogens is 2. The van der Waals surface area contributed by atoms with E-state index < -0.39 is 6.04 Å². The van der Waals surface area contributed by atoms with Crippen molar-refractivity contribution < 1.29 is 9.59 Å². The van der Waals surface area contributed by atoms with Crippen LogP contribution in [0.3, 0.4) is 0 Å². The molecule has 2 heterocycles. The highest BCUT2D eigenvalue weighted by atomic mass is 35.5. The number of rotatable bonds is 4. The largest absolute Gasteiger partial charge is 0.327 e. The van der Waals surface area contributed by atoms with Gasteiger partial charge >= 0.3 is 0 Å². The average Bonchev–Trinajstić information content (AvgIpc) is 3.23. The van der Waals surface area contributed by atoms with Crippen LogP contribution in [-0.2, 0) is 4.79 Å². The number of thioether (sulfide) groups is 1. The number of benzene rings is 1. The Balaban J connectivity index is 1.77. The van der Waals surface area contributed by atoms with E-state index in [1.165, 1.54) is 17.4 Å². The van der Waals surface area contributed by atoms with Crippen molar-refractivity contribution in [2.45, 2.75) is 30.0 Å². The van der Waals surface area contributed by atoms with E-state index in [2.05, 4.69) is 10.3 Å². The minimum atomic E-state index is -0.542. The standard InChI is InChI=1S/C17H17Cl2N3O2S2/c1-9-16(25-2)26-17(20-9)21-14(23)13-4-3-7-22(13)15(24)11-8-10(18)5-6-12(11)19/h5-6,8,13H,3-4,7H2,1-2H3,(H,20,21,23). The number of aromatic nitrogens is 1. The lowest BCUT2D eigenvalue weighted by atomic mass is 10.1. The summed E-state index contributed by atoms with van der Waals surface area (Å²) < 4.78 is 1.06. The Kier molecular flexibility index (Phi) is 6.12. The summed E-state index contributed by atoms with van der Waals surface area (Å²) in [6, 6.07) is 4.21. The number of carbonyl (C=O) groups excluding carboxylic acids is 2. The second-order valence-corrected chi connectivity index (χ2v) is 8.78. The third-order valence-electron chi connectivity index (χ3n) is 4.14. The lowest BCUT2D eigenvalue weighted by Crippen LogP contribution is -2.43. The van der Waals surface area contributed by atoms with E-state index >= 15 is 0 Å². The number of carbonyl (C=O) groups is 2. The molecule has 0 radical (unpaired) electrons. The first-order chi connectivity index (χ1) is 12.4. The molecule has 1 fully saturated rings. The number of thiazole rings is 1. The van der Waals surface area contributed by atoms with Crippen molar-refractivity contribution in [2.75, 3.05) is 18.1 Å². The van der Waals surface area contributed by atoms with Gasteiger partial charge in [-0.05, 0) is 44.2 Å². The summed E-state index contributed by atoms with van der Waals surface area (Å²) in [4.78, 5) is 31.5. The van der Waals surface area contributed by atoms with Crippen molar-refractivity contribution in [3.63, 3.8) is 0 Å². The molecule has 138 valence electrons. The highest BCUT2D eigenvalue weighted by molar-refractivity contribution is 8.00. The predicted molar refractivity (Wildman–Crippen MR) is 108 cm³/mol. The molecule has 1 unspecified atom stereocenters. The third kappa shape index (κ3) is 4.01. The van der Waals surface area contributed by atoms with Crippen LogP contribution in [0.1, 0.15) is 28.9 Å². The monoisotopic (exact) mass is 429 g/mol. The Morgan fingerprint density at radius 2 is 2.15 bits per heavy atom. The minimum Gasteiger partial charge on any atom is -0.327 e. The topological polar surface area (TPSA) is 62.3 Å². The van der Waals surface area contributed by atoms with Crippen molar-refractivity contribution in [3.8, 4) is 0 Å². The second-order valence-electron chi connectivity index (χ2n) is 5.87. The van der Waals surface area contributed by atoms with E-state index in [4.69, 9.17) is 23.2 Å². The van der Waals surface area contributed by atoms with E-state index in [0.29, 0.717) is 33.7 Å². The van der Waals surface area contributed by atoms with Crippen LogP contribution in [0.4, 0.5) is 5.13 Å². The number of hydrogen-bond donors (Lipinski definition) is 1. The zero-order chi connectivity index (χ0) is 18.8. The molecule has 5 nitrogen and oxygen atoms in total. The van der Waals surface area contributed by atoms with Gasteiger partial charge in [0.05, 0.1) is 20.5 Å². The van der Waals surface area contributed by atoms with E-state index in [0.717, 1.165) is 16.3 Å². The van der Waals surface area contributed by atoms with Crippen molar-refractivity contribution in [3.05, 3.63) is 39.5 Å². The molecular weight excluding hydrogens is 413 g/mol. The normalized spacial score (nSPS) is 16.8. The van der Waals surface area contributed by atoms with Crippen LogP contribution in [0.5, 0.6) is 0 Å². The molecule has 0 bridgehead atoms. The number of nitrogens with zero attached hydrogens (tertiary/aromatic N) is 2. The number of aryl methyl sites for hydroxylation is 1. The summed E-state index contributed by atoms with van der Waals surface area (Å²) >= 11 is 15.2. The van der Waals surface area contributed by atoms with Gasteiger partial charge in [0.25, 0.3) is 5.91 Å². The summed E-state index contributed by atoms with van der Waals surface area (Å²) in [5, 5.41) is 4.15. The van der Waals surface area contributed by atoms with Crippen LogP contribution >= 0.6 is 46.3 Å². The molecule has 1 atom stereocenters. The van der Waals surface area contributed by atoms with E-state index in [1.54, 1.807) is 28.8 Å². The van der Waals surface area contributed by atoms with Crippen LogP contribution < -0.4 is 5.32 Å². The smallest absolute Gasteiger partial charge is 0.256 e. The Morgan fingerprint density at radius 1 is 1.38 bits per heavy atom. The molecule has 2 aromatic rings. The number of hydrogen-bond acceptors (Lipinski definition) is 5. The van der Waals surface area contributed by atoms with E-state index in [-0.39, 0.29) is 11.8 Å². The van der Waals surface area contributed by atoms with Gasteiger partial charge in [0.1, 0.15) is 6.04 Å². The molecule has 1 aliphatic heterocycles. The van der Waals surface area contributed by atoms with Gasteiger partial charge in [-0.1, -0.05) is 34.5 Å². The van der Waals surface area contributed by atoms with Crippen LogP contribution in [0, 0.1) is 6.92 Å². The zero-order valence-corrected chi connectivity index (χ0v) is 17.4. The SMILES string of the molecule is CSc1sc(NC(=O)C2CCCN2C(=O)c2cc(Cl)ccc2Cl)nc1C. The molecule has 1 aromatic heterocycles. The summed E-state index contributed by atoms with van der Waals surface area (Å²) in [6.45, 7) is 2.41. The van der Waals surface area contributed by atoms with Gasteiger partial charge in [-0.25, -0.2) is 4.98 Å². The fraction of sp³-hybridized carbons (Fsp3) is 0.353. The molecule has 3 rings (SSSR count). The number of amides is 2. The van der Waals surface area contributed by atoms with Crippen LogP contribution in [0.2, 0.25) is 10.0 Å². The molecule has 0 saturated carbocycles. The first-order valence-electron chi connectivity index (χ1n) is 7.99. The predicted octanol–water partition coefficient (Wildman–Crippen LogP) is 4.72. The molecule has 0 aliphatic carbocycles. The molecule has 26 heavy (non-hydrogen) atoms. The quantitative estimate of drug-likeness (QED) is 0.713. The summed E-state index contributed by atoms with van der Waals surface area (Å²) in [7, 11) is 0. The van der Waals surface area contributed by atoms with Gasteiger partial charge in [-0.2, -0.15) is 0 Å². The van der Waals surface area contributed by atoms with Crippen molar-refractivity contribution >= 4 is 63.2 Å². The summed E-state index contributed by atoms with van der Waals surface area (Å²) in [5.74, 6) is -0.509. The molecule has 1 aliphatic rings. The molecular formula is C17H17Cl2N3O2S2. The van der Waals surface area contributed by atoms with Gasteiger partial charge in [0.2, 0.25) is 5.91 Å². The maximum absolute atomic E-state index is 12.9. The summed E-state index contributed by atoms with van der Waals surface area (Å²) in [6.07, 6.45) is 3.34. The fourth-order valence-electron chi connectivity index (χ4n) is 2.91. The highest BCUT2D eigenvalue weighted by Crippen LogP contribution is 2.31. The zero-order valence-electron chi connectivity index (χ0n) is 14.2. The van der Waals surface area contributed by atoms with Crippen LogP contribution in [0.15, 0.2) is 22.4 Å². The van der Waals surface area contributed by atoms with Crippen molar-refractivity contribution in [2.24, 2.45) is 0 Å². The number of likely N-dealkylation sites (tertiary alicyclic amines) is 1. The van der Waals surface area contributed by atoms with Gasteiger partial charge in [0.15, 0.2) is 5.13 Å². The Bertz CT molecular complexity index is 857. The van der Waals surface area contributed by atoms with E-state index in [9.17, 15) is 9.59 Å².